The van der Waals surface area contributed by atoms with Crippen LogP contribution in [0.15, 0.2) is 29.2 Å². The Labute approximate surface area is 92.0 Å². The Morgan fingerprint density at radius 3 is 2.60 bits per heavy atom. The summed E-state index contributed by atoms with van der Waals surface area (Å²) in [5.41, 5.74) is 5.63. The largest absolute Gasteiger partial charge is 0.329 e. The van der Waals surface area contributed by atoms with Crippen LogP contribution in [0.25, 0.3) is 0 Å². The Morgan fingerprint density at radius 2 is 2.07 bits per heavy atom. The quantitative estimate of drug-likeness (QED) is 0.855. The first-order valence-electron chi connectivity index (χ1n) is 4.80. The van der Waals surface area contributed by atoms with Crippen LogP contribution in [0.5, 0.6) is 0 Å². The van der Waals surface area contributed by atoms with Gasteiger partial charge in [-0.3, -0.25) is 4.79 Å². The number of ketones is 1. The van der Waals surface area contributed by atoms with Gasteiger partial charge in [0, 0.05) is 29.0 Å². The van der Waals surface area contributed by atoms with Crippen molar-refractivity contribution in [3.05, 3.63) is 30.1 Å². The topological polar surface area (TPSA) is 43.1 Å². The van der Waals surface area contributed by atoms with E-state index >= 15 is 0 Å². The van der Waals surface area contributed by atoms with Crippen LogP contribution in [0, 0.1) is 5.82 Å². The lowest BCUT2D eigenvalue weighted by Gasteiger charge is -2.38. The second-order valence-corrected chi connectivity index (χ2v) is 5.32. The van der Waals surface area contributed by atoms with E-state index < -0.39 is 0 Å². The maximum Gasteiger partial charge on any atom is 0.136 e. The average molecular weight is 225 g/mol. The van der Waals surface area contributed by atoms with E-state index in [-0.39, 0.29) is 16.3 Å². The minimum absolute atomic E-state index is 0.212. The van der Waals surface area contributed by atoms with Crippen LogP contribution in [-0.4, -0.2) is 17.1 Å². The van der Waals surface area contributed by atoms with Crippen molar-refractivity contribution in [1.82, 2.24) is 0 Å². The summed E-state index contributed by atoms with van der Waals surface area (Å²) in [5, 5.41) is 0. The third kappa shape index (κ3) is 2.06. The molecule has 2 nitrogen and oxygen atoms in total. The van der Waals surface area contributed by atoms with Crippen molar-refractivity contribution in [1.29, 1.82) is 0 Å². The molecule has 0 atom stereocenters. The summed E-state index contributed by atoms with van der Waals surface area (Å²) in [6.45, 7) is 0.414. The molecule has 0 aromatic heterocycles. The van der Waals surface area contributed by atoms with Crippen molar-refractivity contribution in [3.8, 4) is 0 Å². The van der Waals surface area contributed by atoms with Gasteiger partial charge in [-0.2, -0.15) is 0 Å². The van der Waals surface area contributed by atoms with Crippen LogP contribution < -0.4 is 5.73 Å². The molecule has 0 bridgehead atoms. The molecule has 0 radical (unpaired) electrons. The molecule has 4 heteroatoms. The zero-order valence-electron chi connectivity index (χ0n) is 8.20. The maximum absolute atomic E-state index is 13.4. The highest BCUT2D eigenvalue weighted by Gasteiger charge is 2.43. The van der Waals surface area contributed by atoms with Gasteiger partial charge < -0.3 is 5.73 Å². The third-order valence-electron chi connectivity index (χ3n) is 2.57. The maximum atomic E-state index is 13.4. The summed E-state index contributed by atoms with van der Waals surface area (Å²) in [6, 6.07) is 6.59. The molecule has 1 aromatic rings. The standard InChI is InChI=1S/C11H12FNOS/c12-9-3-1-2-4-10(9)15-11(7-13)5-8(14)6-11/h1-4H,5-7,13H2. The normalized spacial score (nSPS) is 18.7. The zero-order valence-corrected chi connectivity index (χ0v) is 9.02. The number of rotatable bonds is 3. The summed E-state index contributed by atoms with van der Waals surface area (Å²) in [5.74, 6) is -0.0287. The summed E-state index contributed by atoms with van der Waals surface area (Å²) in [7, 11) is 0. The highest BCUT2D eigenvalue weighted by Crippen LogP contribution is 2.45. The van der Waals surface area contributed by atoms with E-state index in [2.05, 4.69) is 0 Å². The number of thioether (sulfide) groups is 1. The predicted molar refractivity (Wildman–Crippen MR) is 58.3 cm³/mol. The number of carbonyl (C=O) groups is 1. The molecular weight excluding hydrogens is 213 g/mol. The van der Waals surface area contributed by atoms with Crippen molar-refractivity contribution in [2.45, 2.75) is 22.5 Å². The van der Waals surface area contributed by atoms with E-state index in [1.165, 1.54) is 17.8 Å². The van der Waals surface area contributed by atoms with Gasteiger partial charge in [0.1, 0.15) is 11.6 Å². The number of benzene rings is 1. The summed E-state index contributed by atoms with van der Waals surface area (Å²) in [6.07, 6.45) is 0.922. The average Bonchev–Trinajstić information content (AvgIpc) is 2.18. The molecule has 2 rings (SSSR count). The first-order valence-corrected chi connectivity index (χ1v) is 5.62. The minimum Gasteiger partial charge on any atom is -0.329 e. The lowest BCUT2D eigenvalue weighted by Crippen LogP contribution is -2.47. The number of halogens is 1. The van der Waals surface area contributed by atoms with Crippen molar-refractivity contribution in [3.63, 3.8) is 0 Å². The van der Waals surface area contributed by atoms with Crippen LogP contribution in [0.4, 0.5) is 4.39 Å². The lowest BCUT2D eigenvalue weighted by atomic mass is 9.83. The molecule has 2 N–H and O–H groups in total. The first kappa shape index (κ1) is 10.6. The van der Waals surface area contributed by atoms with Gasteiger partial charge in [0.15, 0.2) is 0 Å². The summed E-state index contributed by atoms with van der Waals surface area (Å²) >= 11 is 1.39. The smallest absolute Gasteiger partial charge is 0.136 e. The molecule has 15 heavy (non-hydrogen) atoms. The molecule has 1 aromatic carbocycles. The molecule has 1 aliphatic rings. The molecule has 0 saturated heterocycles. The van der Waals surface area contributed by atoms with E-state index in [4.69, 9.17) is 5.73 Å². The van der Waals surface area contributed by atoms with Crippen LogP contribution in [0.3, 0.4) is 0 Å². The second-order valence-electron chi connectivity index (χ2n) is 3.81. The van der Waals surface area contributed by atoms with Gasteiger partial charge in [-0.15, -0.1) is 11.8 Å². The number of Topliss-reactive ketones (excluding diaryl/α,β-unsaturated/α-hetero) is 1. The van der Waals surface area contributed by atoms with Gasteiger partial charge in [0.2, 0.25) is 0 Å². The van der Waals surface area contributed by atoms with E-state index in [1.807, 2.05) is 0 Å². The van der Waals surface area contributed by atoms with Gasteiger partial charge >= 0.3 is 0 Å². The number of nitrogens with two attached hydrogens (primary N) is 1. The number of hydrogen-bond donors (Lipinski definition) is 1. The highest BCUT2D eigenvalue weighted by atomic mass is 32.2. The molecule has 0 amide bonds. The Kier molecular flexibility index (Phi) is 2.80. The molecule has 0 heterocycles. The SMILES string of the molecule is NCC1(Sc2ccccc2F)CC(=O)C1. The Bertz CT molecular complexity index is 386. The Morgan fingerprint density at radius 1 is 1.40 bits per heavy atom. The van der Waals surface area contributed by atoms with Crippen LogP contribution in [0.2, 0.25) is 0 Å². The first-order chi connectivity index (χ1) is 7.15. The van der Waals surface area contributed by atoms with Crippen molar-refractivity contribution in [2.24, 2.45) is 5.73 Å². The molecule has 1 saturated carbocycles. The van der Waals surface area contributed by atoms with Gasteiger partial charge in [0.05, 0.1) is 0 Å². The van der Waals surface area contributed by atoms with E-state index in [0.717, 1.165) is 0 Å². The van der Waals surface area contributed by atoms with Crippen molar-refractivity contribution < 1.29 is 9.18 Å². The van der Waals surface area contributed by atoms with Gasteiger partial charge in [0.25, 0.3) is 0 Å². The van der Waals surface area contributed by atoms with E-state index in [0.29, 0.717) is 24.3 Å². The molecule has 1 aliphatic carbocycles. The highest BCUT2D eigenvalue weighted by molar-refractivity contribution is 8.00. The monoisotopic (exact) mass is 225 g/mol. The minimum atomic E-state index is -0.265. The van der Waals surface area contributed by atoms with Crippen LogP contribution in [0.1, 0.15) is 12.8 Å². The molecular formula is C11H12FNOS. The Balaban J connectivity index is 2.14. The van der Waals surface area contributed by atoms with Gasteiger partial charge in [-0.05, 0) is 12.1 Å². The lowest BCUT2D eigenvalue weighted by molar-refractivity contribution is -0.125. The van der Waals surface area contributed by atoms with Crippen molar-refractivity contribution >= 4 is 17.5 Å². The predicted octanol–water partition coefficient (Wildman–Crippen LogP) is 1.98. The van der Waals surface area contributed by atoms with Crippen LogP contribution >= 0.6 is 11.8 Å². The van der Waals surface area contributed by atoms with E-state index in [9.17, 15) is 9.18 Å². The fourth-order valence-electron chi connectivity index (χ4n) is 1.69. The zero-order chi connectivity index (χ0) is 10.9. The summed E-state index contributed by atoms with van der Waals surface area (Å²) < 4.78 is 13.1. The Hall–Kier alpha value is -0.870. The van der Waals surface area contributed by atoms with Gasteiger partial charge in [-0.25, -0.2) is 4.39 Å². The fraction of sp³-hybridized carbons (Fsp3) is 0.364. The summed E-state index contributed by atoms with van der Waals surface area (Å²) in [4.78, 5) is 11.6. The molecule has 0 unspecified atom stereocenters. The number of carbonyl (C=O) groups excluding carboxylic acids is 1. The fourth-order valence-corrected chi connectivity index (χ4v) is 3.01. The molecule has 80 valence electrons. The second kappa shape index (κ2) is 3.94. The molecule has 0 aliphatic heterocycles. The number of hydrogen-bond acceptors (Lipinski definition) is 3. The molecule has 0 spiro atoms. The van der Waals surface area contributed by atoms with Crippen molar-refractivity contribution in [2.75, 3.05) is 6.54 Å². The molecule has 1 fully saturated rings. The third-order valence-corrected chi connectivity index (χ3v) is 4.01. The van der Waals surface area contributed by atoms with Gasteiger partial charge in [-0.1, -0.05) is 12.1 Å². The van der Waals surface area contributed by atoms with E-state index in [1.54, 1.807) is 18.2 Å². The van der Waals surface area contributed by atoms with Crippen LogP contribution in [-0.2, 0) is 4.79 Å².